The molecule has 6 heteroatoms. The average Bonchev–Trinajstić information content (AvgIpc) is 2.79. The van der Waals surface area contributed by atoms with E-state index in [2.05, 4.69) is 27.9 Å². The van der Waals surface area contributed by atoms with E-state index >= 15 is 0 Å². The monoisotopic (exact) mass is 414 g/mol. The van der Waals surface area contributed by atoms with Crippen LogP contribution in [0.2, 0.25) is 5.02 Å². The van der Waals surface area contributed by atoms with Gasteiger partial charge >= 0.3 is 0 Å². The number of hydrogen-bond acceptors (Lipinski definition) is 2. The summed E-state index contributed by atoms with van der Waals surface area (Å²) < 4.78 is 0.914. The van der Waals surface area contributed by atoms with E-state index in [1.54, 1.807) is 12.1 Å². The van der Waals surface area contributed by atoms with Crippen LogP contribution in [0.1, 0.15) is 29.6 Å². The lowest BCUT2D eigenvalue weighted by Crippen LogP contribution is -2.40. The van der Waals surface area contributed by atoms with Crippen LogP contribution in [0.15, 0.2) is 18.2 Å². The lowest BCUT2D eigenvalue weighted by atomic mass is 10.0. The van der Waals surface area contributed by atoms with Crippen LogP contribution in [-0.2, 0) is 0 Å². The van der Waals surface area contributed by atoms with Crippen molar-refractivity contribution in [2.75, 3.05) is 6.54 Å². The van der Waals surface area contributed by atoms with Crippen molar-refractivity contribution in [3.63, 3.8) is 0 Å². The smallest absolute Gasteiger partial charge is 0.252 e. The van der Waals surface area contributed by atoms with Crippen molar-refractivity contribution in [2.45, 2.75) is 25.3 Å². The first-order valence-corrected chi connectivity index (χ1v) is 7.53. The Kier molecular flexibility index (Phi) is 6.86. The highest BCUT2D eigenvalue weighted by atomic mass is 127. The van der Waals surface area contributed by atoms with Crippen molar-refractivity contribution in [1.29, 1.82) is 0 Å². The zero-order valence-electron chi connectivity index (χ0n) is 10.4. The van der Waals surface area contributed by atoms with E-state index in [-0.39, 0.29) is 24.4 Å². The third kappa shape index (κ3) is 4.21. The Balaban J connectivity index is 0.00000180. The van der Waals surface area contributed by atoms with E-state index in [9.17, 15) is 4.79 Å². The molecule has 1 amide bonds. The molecule has 2 rings (SSSR count). The minimum atomic E-state index is -0.0488. The summed E-state index contributed by atoms with van der Waals surface area (Å²) in [5.41, 5.74) is 6.36. The number of hydrogen-bond donors (Lipinski definition) is 2. The largest absolute Gasteiger partial charge is 0.349 e. The van der Waals surface area contributed by atoms with E-state index in [4.69, 9.17) is 17.3 Å². The van der Waals surface area contributed by atoms with Gasteiger partial charge in [0.2, 0.25) is 0 Å². The standard InChI is InChI=1S/C13H16ClIN2O.ClH/c14-9-4-5-11(15)10(6-9)13(18)17-12-3-1-2-8(12)7-16;/h4-6,8,12H,1-3,7,16H2,(H,17,18);1H. The van der Waals surface area contributed by atoms with Gasteiger partial charge in [-0.2, -0.15) is 0 Å². The lowest BCUT2D eigenvalue weighted by Gasteiger charge is -2.19. The van der Waals surface area contributed by atoms with Crippen molar-refractivity contribution < 1.29 is 4.79 Å². The molecule has 1 aliphatic carbocycles. The SMILES string of the molecule is Cl.NCC1CCCC1NC(=O)c1cc(Cl)ccc1I. The Morgan fingerprint density at radius 3 is 2.89 bits per heavy atom. The number of rotatable bonds is 3. The number of nitrogens with two attached hydrogens (primary N) is 1. The van der Waals surface area contributed by atoms with E-state index in [0.717, 1.165) is 22.8 Å². The zero-order valence-corrected chi connectivity index (χ0v) is 14.1. The van der Waals surface area contributed by atoms with Gasteiger partial charge in [-0.05, 0) is 66.1 Å². The number of carbonyl (C=O) groups excluding carboxylic acids is 1. The molecule has 1 aromatic carbocycles. The third-order valence-corrected chi connectivity index (χ3v) is 4.63. The fraction of sp³-hybridized carbons (Fsp3) is 0.462. The molecule has 0 heterocycles. The fourth-order valence-electron chi connectivity index (χ4n) is 2.43. The molecule has 106 valence electrons. The predicted octanol–water partition coefficient (Wildman–Crippen LogP) is 3.22. The quantitative estimate of drug-likeness (QED) is 0.746. The second-order valence-corrected chi connectivity index (χ2v) is 6.23. The normalized spacial score (nSPS) is 21.8. The summed E-state index contributed by atoms with van der Waals surface area (Å²) in [6.07, 6.45) is 3.26. The highest BCUT2D eigenvalue weighted by Crippen LogP contribution is 2.25. The minimum absolute atomic E-state index is 0. The molecule has 0 aliphatic heterocycles. The molecule has 2 unspecified atom stereocenters. The number of nitrogens with one attached hydrogen (secondary N) is 1. The molecule has 19 heavy (non-hydrogen) atoms. The van der Waals surface area contributed by atoms with Gasteiger partial charge in [0.05, 0.1) is 5.56 Å². The molecule has 1 aromatic rings. The van der Waals surface area contributed by atoms with Gasteiger partial charge in [0.25, 0.3) is 5.91 Å². The number of halogens is 3. The van der Waals surface area contributed by atoms with Gasteiger partial charge < -0.3 is 11.1 Å². The molecule has 3 nitrogen and oxygen atoms in total. The Bertz CT molecular complexity index is 456. The van der Waals surface area contributed by atoms with E-state index in [0.29, 0.717) is 23.0 Å². The molecule has 3 N–H and O–H groups in total. The van der Waals surface area contributed by atoms with Gasteiger partial charge in [-0.15, -0.1) is 12.4 Å². The molecule has 1 aliphatic rings. The van der Waals surface area contributed by atoms with Crippen LogP contribution in [0.4, 0.5) is 0 Å². The summed E-state index contributed by atoms with van der Waals surface area (Å²) in [7, 11) is 0. The Morgan fingerprint density at radius 1 is 1.47 bits per heavy atom. The topological polar surface area (TPSA) is 55.1 Å². The summed E-state index contributed by atoms with van der Waals surface area (Å²) in [4.78, 5) is 12.2. The first kappa shape index (κ1) is 17.0. The fourth-order valence-corrected chi connectivity index (χ4v) is 3.18. The van der Waals surface area contributed by atoms with E-state index in [1.807, 2.05) is 6.07 Å². The van der Waals surface area contributed by atoms with Crippen LogP contribution in [0.5, 0.6) is 0 Å². The van der Waals surface area contributed by atoms with Crippen LogP contribution < -0.4 is 11.1 Å². The first-order chi connectivity index (χ1) is 8.61. The van der Waals surface area contributed by atoms with Gasteiger partial charge in [-0.25, -0.2) is 0 Å². The van der Waals surface area contributed by atoms with Gasteiger partial charge in [0.1, 0.15) is 0 Å². The van der Waals surface area contributed by atoms with Crippen molar-refractivity contribution >= 4 is 52.5 Å². The maximum Gasteiger partial charge on any atom is 0.252 e. The van der Waals surface area contributed by atoms with Crippen molar-refractivity contribution in [3.05, 3.63) is 32.4 Å². The van der Waals surface area contributed by atoms with Gasteiger partial charge in [0, 0.05) is 14.6 Å². The summed E-state index contributed by atoms with van der Waals surface area (Å²) in [5.74, 6) is 0.359. The lowest BCUT2D eigenvalue weighted by molar-refractivity contribution is 0.0928. The number of carbonyl (C=O) groups is 1. The summed E-state index contributed by atoms with van der Waals surface area (Å²) in [6, 6.07) is 5.56. The first-order valence-electron chi connectivity index (χ1n) is 6.08. The molecule has 2 atom stereocenters. The average molecular weight is 415 g/mol. The Hall–Kier alpha value is -0.0400. The predicted molar refractivity (Wildman–Crippen MR) is 89.1 cm³/mol. The maximum atomic E-state index is 12.2. The zero-order chi connectivity index (χ0) is 13.1. The second-order valence-electron chi connectivity index (χ2n) is 4.63. The highest BCUT2D eigenvalue weighted by Gasteiger charge is 2.28. The Morgan fingerprint density at radius 2 is 2.21 bits per heavy atom. The molecule has 0 spiro atoms. The van der Waals surface area contributed by atoms with Gasteiger partial charge in [-0.3, -0.25) is 4.79 Å². The van der Waals surface area contributed by atoms with Gasteiger partial charge in [0.15, 0.2) is 0 Å². The number of amides is 1. The third-order valence-electron chi connectivity index (χ3n) is 3.45. The van der Waals surface area contributed by atoms with Crippen molar-refractivity contribution in [2.24, 2.45) is 11.7 Å². The second kappa shape index (κ2) is 7.67. The molecule has 1 fully saturated rings. The highest BCUT2D eigenvalue weighted by molar-refractivity contribution is 14.1. The maximum absolute atomic E-state index is 12.2. The van der Waals surface area contributed by atoms with Crippen molar-refractivity contribution in [3.8, 4) is 0 Å². The van der Waals surface area contributed by atoms with Crippen LogP contribution in [0.3, 0.4) is 0 Å². The molecular weight excluding hydrogens is 398 g/mol. The summed E-state index contributed by atoms with van der Waals surface area (Å²) in [5, 5.41) is 3.67. The molecular formula is C13H17Cl2IN2O. The van der Waals surface area contributed by atoms with Crippen LogP contribution in [-0.4, -0.2) is 18.5 Å². The molecule has 0 saturated heterocycles. The van der Waals surface area contributed by atoms with Crippen LogP contribution in [0.25, 0.3) is 0 Å². The van der Waals surface area contributed by atoms with E-state index in [1.165, 1.54) is 0 Å². The summed E-state index contributed by atoms with van der Waals surface area (Å²) >= 11 is 8.08. The van der Waals surface area contributed by atoms with Crippen LogP contribution in [0, 0.1) is 9.49 Å². The van der Waals surface area contributed by atoms with Crippen molar-refractivity contribution in [1.82, 2.24) is 5.32 Å². The van der Waals surface area contributed by atoms with Gasteiger partial charge in [-0.1, -0.05) is 18.0 Å². The van der Waals surface area contributed by atoms with Crippen LogP contribution >= 0.6 is 46.6 Å². The van der Waals surface area contributed by atoms with E-state index < -0.39 is 0 Å². The summed E-state index contributed by atoms with van der Waals surface area (Å²) in [6.45, 7) is 0.636. The minimum Gasteiger partial charge on any atom is -0.349 e. The number of benzene rings is 1. The molecule has 0 bridgehead atoms. The Labute approximate surface area is 138 Å². The molecule has 1 saturated carbocycles. The molecule has 0 radical (unpaired) electrons. The molecule has 0 aromatic heterocycles.